The highest BCUT2D eigenvalue weighted by Gasteiger charge is 2.38. The van der Waals surface area contributed by atoms with Gasteiger partial charge >= 0.3 is 6.18 Å². The summed E-state index contributed by atoms with van der Waals surface area (Å²) >= 11 is 6.00. The van der Waals surface area contributed by atoms with Crippen LogP contribution in [-0.2, 0) is 12.8 Å². The molecule has 0 fully saturated rings. The summed E-state index contributed by atoms with van der Waals surface area (Å²) in [7, 11) is 1.34. The zero-order valence-corrected chi connectivity index (χ0v) is 18.9. The van der Waals surface area contributed by atoms with E-state index in [4.69, 9.17) is 21.1 Å². The van der Waals surface area contributed by atoms with Crippen LogP contribution in [0.4, 0.5) is 17.6 Å². The van der Waals surface area contributed by atoms with Crippen molar-refractivity contribution < 1.29 is 32.1 Å². The van der Waals surface area contributed by atoms with Crippen LogP contribution in [0.3, 0.4) is 0 Å². The van der Waals surface area contributed by atoms with Crippen LogP contribution in [0.1, 0.15) is 11.3 Å². The summed E-state index contributed by atoms with van der Waals surface area (Å²) in [4.78, 5) is 7.53. The van der Waals surface area contributed by atoms with Crippen LogP contribution in [0.15, 0.2) is 67.0 Å². The third-order valence-electron chi connectivity index (χ3n) is 5.13. The summed E-state index contributed by atoms with van der Waals surface area (Å²) in [5, 5.41) is 10.9. The molecule has 0 radical (unpaired) electrons. The van der Waals surface area contributed by atoms with Crippen molar-refractivity contribution in [3.05, 3.63) is 89.1 Å². The Balaban J connectivity index is 1.76. The average molecular weight is 505 g/mol. The maximum Gasteiger partial charge on any atom is 0.434 e. The number of para-hydroxylation sites is 1. The average Bonchev–Trinajstić information content (AvgIpc) is 2.82. The van der Waals surface area contributed by atoms with E-state index in [-0.39, 0.29) is 51.3 Å². The fourth-order valence-corrected chi connectivity index (χ4v) is 3.73. The number of aromatic hydroxyl groups is 1. The first-order chi connectivity index (χ1) is 16.7. The topological polar surface area (TPSA) is 64.5 Å². The molecule has 0 aliphatic carbocycles. The Morgan fingerprint density at radius 1 is 0.971 bits per heavy atom. The lowest BCUT2D eigenvalue weighted by molar-refractivity contribution is -0.140. The smallest absolute Gasteiger partial charge is 0.434 e. The van der Waals surface area contributed by atoms with Crippen LogP contribution in [-0.4, -0.2) is 22.2 Å². The number of rotatable bonds is 6. The van der Waals surface area contributed by atoms with Gasteiger partial charge in [0, 0.05) is 28.3 Å². The molecule has 1 heterocycles. The van der Waals surface area contributed by atoms with Gasteiger partial charge in [-0.3, -0.25) is 0 Å². The van der Waals surface area contributed by atoms with Crippen LogP contribution >= 0.6 is 11.6 Å². The number of benzene rings is 3. The molecule has 180 valence electrons. The number of hydrogen-bond donors (Lipinski definition) is 1. The van der Waals surface area contributed by atoms with Gasteiger partial charge in [-0.1, -0.05) is 35.9 Å². The molecule has 5 nitrogen and oxygen atoms in total. The molecule has 0 aliphatic rings. The zero-order valence-electron chi connectivity index (χ0n) is 18.1. The van der Waals surface area contributed by atoms with E-state index in [9.17, 15) is 22.7 Å². The van der Waals surface area contributed by atoms with Gasteiger partial charge in [-0.2, -0.15) is 13.2 Å². The zero-order chi connectivity index (χ0) is 25.2. The molecular weight excluding hydrogens is 488 g/mol. The van der Waals surface area contributed by atoms with Crippen molar-refractivity contribution in [1.29, 1.82) is 0 Å². The molecule has 3 aromatic carbocycles. The summed E-state index contributed by atoms with van der Waals surface area (Å²) < 4.78 is 65.8. The second-order valence-electron chi connectivity index (χ2n) is 7.35. The van der Waals surface area contributed by atoms with E-state index >= 15 is 0 Å². The Bertz CT molecular complexity index is 1380. The molecular formula is C25H17ClF4N2O3. The minimum Gasteiger partial charge on any atom is -0.507 e. The van der Waals surface area contributed by atoms with Crippen LogP contribution < -0.4 is 9.47 Å². The molecule has 1 aromatic heterocycles. The van der Waals surface area contributed by atoms with Crippen molar-refractivity contribution in [3.8, 4) is 39.6 Å². The molecule has 10 heteroatoms. The van der Waals surface area contributed by atoms with Crippen molar-refractivity contribution in [3.63, 3.8) is 0 Å². The maximum atomic E-state index is 13.9. The predicted molar refractivity (Wildman–Crippen MR) is 122 cm³/mol. The van der Waals surface area contributed by atoms with Crippen LogP contribution in [0.5, 0.6) is 17.2 Å². The molecule has 1 N–H and O–H groups in total. The first-order valence-corrected chi connectivity index (χ1v) is 10.5. The number of aromatic nitrogens is 2. The predicted octanol–water partition coefficient (Wildman–Crippen LogP) is 6.92. The maximum absolute atomic E-state index is 13.9. The van der Waals surface area contributed by atoms with Gasteiger partial charge in [0.05, 0.1) is 17.8 Å². The SMILES string of the molecule is COc1ccccc1-c1c(-c2ccc(OCc3ccc(F)cc3Cl)cc2O)ncnc1C(F)(F)F. The minimum atomic E-state index is -4.79. The van der Waals surface area contributed by atoms with E-state index in [0.717, 1.165) is 12.4 Å². The molecule has 0 saturated carbocycles. The molecule has 0 spiro atoms. The number of nitrogens with zero attached hydrogens (tertiary/aromatic N) is 2. The van der Waals surface area contributed by atoms with Crippen molar-refractivity contribution in [2.75, 3.05) is 7.11 Å². The number of hydrogen-bond acceptors (Lipinski definition) is 5. The minimum absolute atomic E-state index is 0.0178. The van der Waals surface area contributed by atoms with Crippen molar-refractivity contribution >= 4 is 11.6 Å². The second-order valence-corrected chi connectivity index (χ2v) is 7.75. The Hall–Kier alpha value is -3.85. The van der Waals surface area contributed by atoms with E-state index in [1.807, 2.05) is 0 Å². The lowest BCUT2D eigenvalue weighted by Gasteiger charge is -2.18. The lowest BCUT2D eigenvalue weighted by Crippen LogP contribution is -2.12. The third kappa shape index (κ3) is 5.14. The summed E-state index contributed by atoms with van der Waals surface area (Å²) in [6, 6.07) is 14.1. The van der Waals surface area contributed by atoms with Gasteiger partial charge < -0.3 is 14.6 Å². The second kappa shape index (κ2) is 9.79. The van der Waals surface area contributed by atoms with Crippen molar-refractivity contribution in [2.45, 2.75) is 12.8 Å². The van der Waals surface area contributed by atoms with E-state index in [1.54, 1.807) is 12.1 Å². The largest absolute Gasteiger partial charge is 0.507 e. The van der Waals surface area contributed by atoms with Crippen molar-refractivity contribution in [2.24, 2.45) is 0 Å². The molecule has 0 bridgehead atoms. The summed E-state index contributed by atoms with van der Waals surface area (Å²) in [5.74, 6) is -0.453. The summed E-state index contributed by atoms with van der Waals surface area (Å²) in [6.45, 7) is -0.0178. The fourth-order valence-electron chi connectivity index (χ4n) is 3.51. The molecule has 0 saturated heterocycles. The highest BCUT2D eigenvalue weighted by Crippen LogP contribution is 2.45. The van der Waals surface area contributed by atoms with Gasteiger partial charge in [-0.05, 0) is 30.3 Å². The fraction of sp³-hybridized carbons (Fsp3) is 0.120. The molecule has 0 atom stereocenters. The van der Waals surface area contributed by atoms with Crippen LogP contribution in [0, 0.1) is 5.82 Å². The standard InChI is InChI=1S/C25H17ClF4N2O3/c1-34-21-5-3-2-4-18(21)22-23(31-13-32-24(22)25(28,29)30)17-9-8-16(11-20(17)33)35-12-14-6-7-15(27)10-19(14)26/h2-11,13,33H,12H2,1H3. The highest BCUT2D eigenvalue weighted by molar-refractivity contribution is 6.31. The van der Waals surface area contributed by atoms with Gasteiger partial charge in [-0.25, -0.2) is 14.4 Å². The number of alkyl halides is 3. The Labute approximate surface area is 202 Å². The van der Waals surface area contributed by atoms with Gasteiger partial charge in [0.25, 0.3) is 0 Å². The van der Waals surface area contributed by atoms with Gasteiger partial charge in [0.2, 0.25) is 0 Å². The molecule has 0 unspecified atom stereocenters. The Morgan fingerprint density at radius 3 is 2.43 bits per heavy atom. The molecule has 4 rings (SSSR count). The summed E-state index contributed by atoms with van der Waals surface area (Å²) in [5.41, 5.74) is -0.977. The number of phenols is 1. The lowest BCUT2D eigenvalue weighted by atomic mass is 9.96. The van der Waals surface area contributed by atoms with E-state index < -0.39 is 17.7 Å². The Morgan fingerprint density at radius 2 is 1.74 bits per heavy atom. The molecule has 4 aromatic rings. The van der Waals surface area contributed by atoms with Crippen LogP contribution in [0.2, 0.25) is 5.02 Å². The van der Waals surface area contributed by atoms with Gasteiger partial charge in [0.1, 0.15) is 36.0 Å². The number of phenolic OH excluding ortho intramolecular Hbond substituents is 1. The molecule has 35 heavy (non-hydrogen) atoms. The quantitative estimate of drug-likeness (QED) is 0.289. The van der Waals surface area contributed by atoms with Gasteiger partial charge in [-0.15, -0.1) is 0 Å². The van der Waals surface area contributed by atoms with Gasteiger partial charge in [0.15, 0.2) is 5.69 Å². The highest BCUT2D eigenvalue weighted by atomic mass is 35.5. The first-order valence-electron chi connectivity index (χ1n) is 10.1. The normalized spacial score (nSPS) is 11.4. The van der Waals surface area contributed by atoms with E-state index in [2.05, 4.69) is 9.97 Å². The molecule has 0 amide bonds. The number of methoxy groups -OCH3 is 1. The number of halogens is 5. The molecule has 0 aliphatic heterocycles. The monoisotopic (exact) mass is 504 g/mol. The first kappa shape index (κ1) is 24.3. The summed E-state index contributed by atoms with van der Waals surface area (Å²) in [6.07, 6.45) is -4.00. The van der Waals surface area contributed by atoms with Crippen LogP contribution in [0.25, 0.3) is 22.4 Å². The number of ether oxygens (including phenoxy) is 2. The van der Waals surface area contributed by atoms with E-state index in [1.165, 1.54) is 49.6 Å². The Kier molecular flexibility index (Phi) is 6.79. The van der Waals surface area contributed by atoms with Crippen molar-refractivity contribution in [1.82, 2.24) is 9.97 Å². The third-order valence-corrected chi connectivity index (χ3v) is 5.48. The van der Waals surface area contributed by atoms with E-state index in [0.29, 0.717) is 5.56 Å².